The van der Waals surface area contributed by atoms with Crippen LogP contribution in [0.3, 0.4) is 0 Å². The van der Waals surface area contributed by atoms with Gasteiger partial charge in [0.15, 0.2) is 11.5 Å². The van der Waals surface area contributed by atoms with Gasteiger partial charge in [-0.2, -0.15) is 0 Å². The molecule has 3 aliphatic rings. The largest absolute Gasteiger partial charge is 0.454 e. The number of benzene rings is 1. The molecule has 124 valence electrons. The number of fused-ring (bicyclic) bond motifs is 1. The molecule has 2 saturated heterocycles. The zero-order valence-corrected chi connectivity index (χ0v) is 13.2. The second-order valence-corrected chi connectivity index (χ2v) is 6.30. The van der Waals surface area contributed by atoms with Gasteiger partial charge in [-0.25, -0.2) is 0 Å². The summed E-state index contributed by atoms with van der Waals surface area (Å²) in [6.07, 6.45) is 2.72. The lowest BCUT2D eigenvalue weighted by atomic mass is 10.1. The molecule has 1 atom stereocenters. The number of hydrogen-bond donors (Lipinski definition) is 0. The predicted molar refractivity (Wildman–Crippen MR) is 83.9 cm³/mol. The average Bonchev–Trinajstić information content (AvgIpc) is 3.25. The van der Waals surface area contributed by atoms with Gasteiger partial charge in [0, 0.05) is 44.9 Å². The van der Waals surface area contributed by atoms with Crippen LogP contribution in [0.4, 0.5) is 0 Å². The van der Waals surface area contributed by atoms with E-state index in [1.807, 2.05) is 17.0 Å². The van der Waals surface area contributed by atoms with Crippen LogP contribution in [0.2, 0.25) is 0 Å². The van der Waals surface area contributed by atoms with E-state index in [1.165, 1.54) is 6.42 Å². The van der Waals surface area contributed by atoms with Crippen molar-refractivity contribution in [2.45, 2.75) is 18.9 Å². The minimum absolute atomic E-state index is 0.0695. The number of hydrogen-bond acceptors (Lipinski definition) is 5. The van der Waals surface area contributed by atoms with Gasteiger partial charge in [0.1, 0.15) is 0 Å². The first-order valence-electron chi connectivity index (χ1n) is 8.32. The Hall–Kier alpha value is -1.79. The number of piperazine rings is 1. The number of carbonyl (C=O) groups excluding carboxylic acids is 1. The fourth-order valence-corrected chi connectivity index (χ4v) is 3.42. The number of amides is 1. The van der Waals surface area contributed by atoms with E-state index < -0.39 is 0 Å². The molecule has 1 aromatic carbocycles. The molecular formula is C17H22N2O4. The molecule has 0 saturated carbocycles. The van der Waals surface area contributed by atoms with Crippen LogP contribution in [0, 0.1) is 0 Å². The maximum Gasteiger partial charge on any atom is 0.254 e. The SMILES string of the molecule is O=C(c1ccc2c(c1)OCO2)N1CCN(CC2CCCO2)CC1. The van der Waals surface area contributed by atoms with Gasteiger partial charge >= 0.3 is 0 Å². The topological polar surface area (TPSA) is 51.2 Å². The van der Waals surface area contributed by atoms with E-state index in [0.29, 0.717) is 23.2 Å². The minimum atomic E-state index is 0.0695. The first-order chi connectivity index (χ1) is 11.3. The molecule has 0 aliphatic carbocycles. The van der Waals surface area contributed by atoms with Gasteiger partial charge in [-0.15, -0.1) is 0 Å². The number of nitrogens with zero attached hydrogens (tertiary/aromatic N) is 2. The Morgan fingerprint density at radius 2 is 1.96 bits per heavy atom. The lowest BCUT2D eigenvalue weighted by Gasteiger charge is -2.35. The predicted octanol–water partition coefficient (Wildman–Crippen LogP) is 1.35. The lowest BCUT2D eigenvalue weighted by molar-refractivity contribution is 0.0432. The number of ether oxygens (including phenoxy) is 3. The maximum absolute atomic E-state index is 12.6. The quantitative estimate of drug-likeness (QED) is 0.842. The molecule has 6 heteroatoms. The van der Waals surface area contributed by atoms with Crippen LogP contribution < -0.4 is 9.47 Å². The molecule has 0 N–H and O–H groups in total. The number of carbonyl (C=O) groups is 1. The summed E-state index contributed by atoms with van der Waals surface area (Å²) in [5.41, 5.74) is 0.668. The molecule has 4 rings (SSSR count). The van der Waals surface area contributed by atoms with Crippen molar-refractivity contribution in [1.29, 1.82) is 0 Å². The third kappa shape index (κ3) is 3.14. The van der Waals surface area contributed by atoms with Crippen LogP contribution in [0.25, 0.3) is 0 Å². The molecule has 1 unspecified atom stereocenters. The fraction of sp³-hybridized carbons (Fsp3) is 0.588. The Balaban J connectivity index is 1.33. The van der Waals surface area contributed by atoms with Crippen LogP contribution in [-0.2, 0) is 4.74 Å². The lowest BCUT2D eigenvalue weighted by Crippen LogP contribution is -2.50. The van der Waals surface area contributed by atoms with Crippen molar-refractivity contribution in [3.8, 4) is 11.5 Å². The minimum Gasteiger partial charge on any atom is -0.454 e. The highest BCUT2D eigenvalue weighted by molar-refractivity contribution is 5.95. The summed E-state index contributed by atoms with van der Waals surface area (Å²) in [6, 6.07) is 5.40. The maximum atomic E-state index is 12.6. The summed E-state index contributed by atoms with van der Waals surface area (Å²) in [5.74, 6) is 1.44. The second kappa shape index (κ2) is 6.37. The van der Waals surface area contributed by atoms with E-state index in [2.05, 4.69) is 4.90 Å². The van der Waals surface area contributed by atoms with Crippen molar-refractivity contribution in [3.63, 3.8) is 0 Å². The smallest absolute Gasteiger partial charge is 0.254 e. The average molecular weight is 318 g/mol. The normalized spacial score (nSPS) is 24.2. The van der Waals surface area contributed by atoms with Crippen LogP contribution in [0.15, 0.2) is 18.2 Å². The Labute approximate surface area is 135 Å². The van der Waals surface area contributed by atoms with Crippen LogP contribution >= 0.6 is 0 Å². The number of rotatable bonds is 3. The van der Waals surface area contributed by atoms with Gasteiger partial charge in [0.25, 0.3) is 5.91 Å². The van der Waals surface area contributed by atoms with Crippen LogP contribution in [0.5, 0.6) is 11.5 Å². The van der Waals surface area contributed by atoms with Gasteiger partial charge in [-0.1, -0.05) is 0 Å². The first kappa shape index (κ1) is 14.8. The monoisotopic (exact) mass is 318 g/mol. The summed E-state index contributed by atoms with van der Waals surface area (Å²) in [4.78, 5) is 17.0. The molecule has 6 nitrogen and oxygen atoms in total. The van der Waals surface area contributed by atoms with E-state index in [-0.39, 0.29) is 12.7 Å². The van der Waals surface area contributed by atoms with Gasteiger partial charge in [0.05, 0.1) is 6.10 Å². The zero-order chi connectivity index (χ0) is 15.6. The zero-order valence-electron chi connectivity index (χ0n) is 13.2. The summed E-state index contributed by atoms with van der Waals surface area (Å²) < 4.78 is 16.3. The van der Waals surface area contributed by atoms with Gasteiger partial charge in [0.2, 0.25) is 6.79 Å². The highest BCUT2D eigenvalue weighted by Gasteiger charge is 2.26. The Bertz CT molecular complexity index is 578. The molecule has 3 heterocycles. The van der Waals surface area contributed by atoms with Crippen molar-refractivity contribution >= 4 is 5.91 Å². The summed E-state index contributed by atoms with van der Waals surface area (Å²) in [5, 5.41) is 0. The summed E-state index contributed by atoms with van der Waals surface area (Å²) >= 11 is 0. The molecule has 2 fully saturated rings. The molecular weight excluding hydrogens is 296 g/mol. The van der Waals surface area contributed by atoms with E-state index in [0.717, 1.165) is 45.8 Å². The molecule has 1 aromatic rings. The third-order valence-electron chi connectivity index (χ3n) is 4.76. The molecule has 3 aliphatic heterocycles. The van der Waals surface area contributed by atoms with E-state index >= 15 is 0 Å². The van der Waals surface area contributed by atoms with Crippen molar-refractivity contribution in [2.24, 2.45) is 0 Å². The molecule has 1 amide bonds. The Morgan fingerprint density at radius 3 is 2.74 bits per heavy atom. The van der Waals surface area contributed by atoms with Gasteiger partial charge < -0.3 is 19.1 Å². The molecule has 0 bridgehead atoms. The Morgan fingerprint density at radius 1 is 1.13 bits per heavy atom. The highest BCUT2D eigenvalue weighted by atomic mass is 16.7. The van der Waals surface area contributed by atoms with Crippen LogP contribution in [0.1, 0.15) is 23.2 Å². The fourth-order valence-electron chi connectivity index (χ4n) is 3.42. The second-order valence-electron chi connectivity index (χ2n) is 6.30. The molecule has 0 radical (unpaired) electrons. The highest BCUT2D eigenvalue weighted by Crippen LogP contribution is 2.32. The molecule has 0 spiro atoms. The third-order valence-corrected chi connectivity index (χ3v) is 4.76. The first-order valence-corrected chi connectivity index (χ1v) is 8.32. The van der Waals surface area contributed by atoms with Crippen LogP contribution in [-0.4, -0.2) is 67.9 Å². The standard InChI is InChI=1S/C17H22N2O4/c20-17(13-3-4-15-16(10-13)23-12-22-15)19-7-5-18(6-8-19)11-14-2-1-9-21-14/h3-4,10,14H,1-2,5-9,11-12H2. The van der Waals surface area contributed by atoms with E-state index in [1.54, 1.807) is 6.07 Å². The van der Waals surface area contributed by atoms with Gasteiger partial charge in [-0.3, -0.25) is 9.69 Å². The van der Waals surface area contributed by atoms with Crippen molar-refractivity contribution < 1.29 is 19.0 Å². The summed E-state index contributed by atoms with van der Waals surface area (Å²) in [6.45, 7) is 5.47. The van der Waals surface area contributed by atoms with Crippen molar-refractivity contribution in [2.75, 3.05) is 46.1 Å². The van der Waals surface area contributed by atoms with E-state index in [4.69, 9.17) is 14.2 Å². The van der Waals surface area contributed by atoms with E-state index in [9.17, 15) is 4.79 Å². The van der Waals surface area contributed by atoms with Crippen molar-refractivity contribution in [1.82, 2.24) is 9.80 Å². The van der Waals surface area contributed by atoms with Gasteiger partial charge in [-0.05, 0) is 31.0 Å². The van der Waals surface area contributed by atoms with Crippen molar-refractivity contribution in [3.05, 3.63) is 23.8 Å². The summed E-state index contributed by atoms with van der Waals surface area (Å²) in [7, 11) is 0. The molecule has 23 heavy (non-hydrogen) atoms. The Kier molecular flexibility index (Phi) is 4.10. The molecule has 0 aromatic heterocycles.